The van der Waals surface area contributed by atoms with E-state index in [2.05, 4.69) is 4.98 Å². The van der Waals surface area contributed by atoms with Gasteiger partial charge in [-0.3, -0.25) is 24.2 Å². The first-order chi connectivity index (χ1) is 13.4. The Kier molecular flexibility index (Phi) is 6.25. The molecule has 0 spiro atoms. The van der Waals surface area contributed by atoms with Crippen molar-refractivity contribution in [3.05, 3.63) is 18.2 Å². The number of anilines is 1. The highest BCUT2D eigenvalue weighted by molar-refractivity contribution is 7.22. The Bertz CT molecular complexity index is 879. The smallest absolute Gasteiger partial charge is 0.248 e. The van der Waals surface area contributed by atoms with Gasteiger partial charge in [-0.2, -0.15) is 0 Å². The molecule has 0 saturated carbocycles. The molecule has 28 heavy (non-hydrogen) atoms. The van der Waals surface area contributed by atoms with Gasteiger partial charge in [-0.25, -0.2) is 4.98 Å². The number of hydrogen-bond acceptors (Lipinski definition) is 7. The second-order valence-electron chi connectivity index (χ2n) is 6.78. The van der Waals surface area contributed by atoms with Crippen molar-refractivity contribution in [2.45, 2.75) is 19.8 Å². The summed E-state index contributed by atoms with van der Waals surface area (Å²) in [5.41, 5.74) is 0.777. The SMILES string of the molecule is CCOc1ccc2nc(N(CCN(C)C)C(=O)CN3C(=O)CCC3=O)sc2c1. The third-order valence-corrected chi connectivity index (χ3v) is 5.45. The van der Waals surface area contributed by atoms with Crippen LogP contribution in [0, 0.1) is 0 Å². The molecule has 3 rings (SSSR count). The van der Waals surface area contributed by atoms with Gasteiger partial charge in [-0.05, 0) is 39.2 Å². The van der Waals surface area contributed by atoms with Crippen molar-refractivity contribution < 1.29 is 19.1 Å². The number of benzene rings is 1. The summed E-state index contributed by atoms with van der Waals surface area (Å²) in [5.74, 6) is -0.146. The van der Waals surface area contributed by atoms with Crippen molar-refractivity contribution in [3.63, 3.8) is 0 Å². The molecule has 9 heteroatoms. The second-order valence-corrected chi connectivity index (χ2v) is 7.79. The van der Waals surface area contributed by atoms with Gasteiger partial charge in [0.15, 0.2) is 5.13 Å². The fraction of sp³-hybridized carbons (Fsp3) is 0.474. The number of imide groups is 1. The van der Waals surface area contributed by atoms with E-state index >= 15 is 0 Å². The van der Waals surface area contributed by atoms with Gasteiger partial charge in [0.05, 0.1) is 16.8 Å². The molecule has 0 N–H and O–H groups in total. The molecule has 0 aliphatic carbocycles. The van der Waals surface area contributed by atoms with Gasteiger partial charge in [0.25, 0.3) is 0 Å². The zero-order valence-electron chi connectivity index (χ0n) is 16.3. The number of fused-ring (bicyclic) bond motifs is 1. The Balaban J connectivity index is 1.86. The summed E-state index contributed by atoms with van der Waals surface area (Å²) in [7, 11) is 3.84. The Morgan fingerprint density at radius 1 is 1.21 bits per heavy atom. The average Bonchev–Trinajstić information content (AvgIpc) is 3.19. The predicted molar refractivity (Wildman–Crippen MR) is 108 cm³/mol. The van der Waals surface area contributed by atoms with Crippen molar-refractivity contribution in [1.82, 2.24) is 14.8 Å². The Hall–Kier alpha value is -2.52. The van der Waals surface area contributed by atoms with Gasteiger partial charge in [0, 0.05) is 25.9 Å². The molecule has 0 unspecified atom stereocenters. The Labute approximate surface area is 167 Å². The Morgan fingerprint density at radius 2 is 1.93 bits per heavy atom. The largest absolute Gasteiger partial charge is 0.494 e. The quantitative estimate of drug-likeness (QED) is 0.623. The number of thiazole rings is 1. The zero-order valence-corrected chi connectivity index (χ0v) is 17.1. The van der Waals surface area contributed by atoms with Gasteiger partial charge in [0.2, 0.25) is 17.7 Å². The summed E-state index contributed by atoms with van der Waals surface area (Å²) < 4.78 is 6.45. The summed E-state index contributed by atoms with van der Waals surface area (Å²) in [6.45, 7) is 3.30. The van der Waals surface area contributed by atoms with Gasteiger partial charge in [-0.15, -0.1) is 0 Å². The second kappa shape index (κ2) is 8.66. The fourth-order valence-corrected chi connectivity index (χ4v) is 3.95. The van der Waals surface area contributed by atoms with Gasteiger partial charge >= 0.3 is 0 Å². The van der Waals surface area contributed by atoms with E-state index in [1.807, 2.05) is 44.1 Å². The number of ether oxygens (including phenoxy) is 1. The maximum atomic E-state index is 13.0. The molecule has 1 aromatic heterocycles. The van der Waals surface area contributed by atoms with E-state index in [4.69, 9.17) is 4.74 Å². The zero-order chi connectivity index (χ0) is 20.3. The third-order valence-electron chi connectivity index (χ3n) is 4.41. The third kappa shape index (κ3) is 4.48. The molecule has 8 nitrogen and oxygen atoms in total. The van der Waals surface area contributed by atoms with Crippen LogP contribution in [-0.4, -0.2) is 72.8 Å². The maximum absolute atomic E-state index is 13.0. The summed E-state index contributed by atoms with van der Waals surface area (Å²) >= 11 is 1.39. The van der Waals surface area contributed by atoms with Crippen LogP contribution in [0.25, 0.3) is 10.2 Å². The molecule has 2 heterocycles. The average molecular weight is 404 g/mol. The topological polar surface area (TPSA) is 83.1 Å². The summed E-state index contributed by atoms with van der Waals surface area (Å²) in [4.78, 5) is 45.9. The van der Waals surface area contributed by atoms with Crippen LogP contribution in [0.2, 0.25) is 0 Å². The van der Waals surface area contributed by atoms with Crippen molar-refractivity contribution in [3.8, 4) is 5.75 Å². The molecule has 1 aliphatic rings. The number of hydrogen-bond donors (Lipinski definition) is 0. The number of amides is 3. The highest BCUT2D eigenvalue weighted by Crippen LogP contribution is 2.31. The molecule has 1 aliphatic heterocycles. The minimum atomic E-state index is -0.311. The van der Waals surface area contributed by atoms with Gasteiger partial charge in [-0.1, -0.05) is 11.3 Å². The van der Waals surface area contributed by atoms with E-state index in [0.29, 0.717) is 24.8 Å². The number of aromatic nitrogens is 1. The van der Waals surface area contributed by atoms with Gasteiger partial charge < -0.3 is 9.64 Å². The molecule has 1 saturated heterocycles. The maximum Gasteiger partial charge on any atom is 0.248 e. The molecule has 1 aromatic carbocycles. The minimum absolute atomic E-state index is 0.172. The van der Waals surface area contributed by atoms with E-state index in [1.54, 1.807) is 4.90 Å². The summed E-state index contributed by atoms with van der Waals surface area (Å²) in [6.07, 6.45) is 0.344. The van der Waals surface area contributed by atoms with Crippen LogP contribution in [0.4, 0.5) is 5.13 Å². The first-order valence-electron chi connectivity index (χ1n) is 9.20. The lowest BCUT2D eigenvalue weighted by Crippen LogP contribution is -2.44. The molecule has 3 amide bonds. The number of rotatable bonds is 8. The molecular weight excluding hydrogens is 380 g/mol. The van der Waals surface area contributed by atoms with Crippen molar-refractivity contribution >= 4 is 44.4 Å². The number of likely N-dealkylation sites (tertiary alicyclic amines) is 1. The molecule has 0 bridgehead atoms. The predicted octanol–water partition coefficient (Wildman–Crippen LogP) is 1.74. The van der Waals surface area contributed by atoms with Crippen LogP contribution >= 0.6 is 11.3 Å². The normalized spacial score (nSPS) is 14.4. The molecule has 0 radical (unpaired) electrons. The molecule has 0 atom stereocenters. The van der Waals surface area contributed by atoms with Crippen LogP contribution in [0.5, 0.6) is 5.75 Å². The van der Waals surface area contributed by atoms with E-state index in [1.165, 1.54) is 11.3 Å². The first-order valence-corrected chi connectivity index (χ1v) is 10.0. The lowest BCUT2D eigenvalue weighted by molar-refractivity contribution is -0.141. The monoisotopic (exact) mass is 404 g/mol. The van der Waals surface area contributed by atoms with Crippen LogP contribution < -0.4 is 9.64 Å². The molecule has 150 valence electrons. The highest BCUT2D eigenvalue weighted by atomic mass is 32.1. The molecular formula is C19H24N4O4S. The highest BCUT2D eigenvalue weighted by Gasteiger charge is 2.32. The lowest BCUT2D eigenvalue weighted by atomic mass is 10.3. The van der Waals surface area contributed by atoms with E-state index < -0.39 is 0 Å². The van der Waals surface area contributed by atoms with Crippen molar-refractivity contribution in [2.75, 3.05) is 45.2 Å². The summed E-state index contributed by atoms with van der Waals surface area (Å²) in [6, 6.07) is 5.62. The van der Waals surface area contributed by atoms with E-state index in [0.717, 1.165) is 20.9 Å². The van der Waals surface area contributed by atoms with Crippen LogP contribution in [0.3, 0.4) is 0 Å². The lowest BCUT2D eigenvalue weighted by Gasteiger charge is -2.24. The van der Waals surface area contributed by atoms with Crippen LogP contribution in [-0.2, 0) is 14.4 Å². The van der Waals surface area contributed by atoms with Crippen molar-refractivity contribution in [1.29, 1.82) is 0 Å². The fourth-order valence-electron chi connectivity index (χ4n) is 2.91. The van der Waals surface area contributed by atoms with E-state index in [-0.39, 0.29) is 37.1 Å². The minimum Gasteiger partial charge on any atom is -0.494 e. The first kappa shape index (κ1) is 20.2. The van der Waals surface area contributed by atoms with Crippen LogP contribution in [0.15, 0.2) is 18.2 Å². The molecule has 1 fully saturated rings. The van der Waals surface area contributed by atoms with Crippen molar-refractivity contribution in [2.24, 2.45) is 0 Å². The van der Waals surface area contributed by atoms with Gasteiger partial charge in [0.1, 0.15) is 12.3 Å². The van der Waals surface area contributed by atoms with E-state index in [9.17, 15) is 14.4 Å². The van der Waals surface area contributed by atoms with Crippen LogP contribution in [0.1, 0.15) is 19.8 Å². The number of nitrogens with zero attached hydrogens (tertiary/aromatic N) is 4. The summed E-state index contributed by atoms with van der Waals surface area (Å²) in [5, 5.41) is 0.551. The standard InChI is InChI=1S/C19H24N4O4S/c1-4-27-13-5-6-14-15(11-13)28-19(20-14)22(10-9-21(2)3)18(26)12-23-16(24)7-8-17(23)25/h5-6,11H,4,7-10,12H2,1-3H3. The number of likely N-dealkylation sites (N-methyl/N-ethyl adjacent to an activating group) is 1. The number of carbonyl (C=O) groups excluding carboxylic acids is 3. The molecule has 2 aromatic rings. The Morgan fingerprint density at radius 3 is 2.57 bits per heavy atom. The number of carbonyl (C=O) groups is 3.